The lowest BCUT2D eigenvalue weighted by Crippen LogP contribution is -2.26. The fourth-order valence-corrected chi connectivity index (χ4v) is 7.36. The standard InChI is InChI=1S/C31H35ClN4O3S/c1-4-20-10-12-24(13-11-20)35-31-33-18-23-17-22(16-21(5-2)29(23)36-31)26-15-14-25(34-30(26)39-3)19-40(37,38)28-9-7-6-8-27(28)32/h6-9,14-18,20,24H,4-5,10-13,19H2,1-3H3,(H,33,35,36). The summed E-state index contributed by atoms with van der Waals surface area (Å²) in [5, 5.41) is 4.69. The molecule has 1 N–H and O–H groups in total. The van der Waals surface area contributed by atoms with Gasteiger partial charge in [-0.05, 0) is 85.5 Å². The molecule has 1 fully saturated rings. The van der Waals surface area contributed by atoms with Crippen LogP contribution in [0.15, 0.2) is 59.6 Å². The molecule has 0 saturated heterocycles. The van der Waals surface area contributed by atoms with Crippen LogP contribution in [-0.4, -0.2) is 36.5 Å². The Balaban J connectivity index is 1.42. The van der Waals surface area contributed by atoms with E-state index in [1.807, 2.05) is 18.3 Å². The van der Waals surface area contributed by atoms with E-state index in [9.17, 15) is 8.42 Å². The van der Waals surface area contributed by atoms with Gasteiger partial charge in [-0.3, -0.25) is 0 Å². The molecule has 0 bridgehead atoms. The number of hydrogen-bond acceptors (Lipinski definition) is 7. The zero-order chi connectivity index (χ0) is 28.3. The van der Waals surface area contributed by atoms with Gasteiger partial charge in [0, 0.05) is 23.2 Å². The summed E-state index contributed by atoms with van der Waals surface area (Å²) in [5.74, 6) is 1.59. The minimum absolute atomic E-state index is 0.0890. The number of sulfone groups is 1. The number of halogens is 1. The summed E-state index contributed by atoms with van der Waals surface area (Å²) in [6, 6.07) is 14.6. The third-order valence-electron chi connectivity index (χ3n) is 7.83. The van der Waals surface area contributed by atoms with Gasteiger partial charge in [0.05, 0.1) is 34.0 Å². The van der Waals surface area contributed by atoms with Crippen molar-refractivity contribution in [2.45, 2.75) is 69.1 Å². The van der Waals surface area contributed by atoms with Crippen LogP contribution in [0.25, 0.3) is 22.0 Å². The van der Waals surface area contributed by atoms with Gasteiger partial charge in [0.2, 0.25) is 11.8 Å². The lowest BCUT2D eigenvalue weighted by Gasteiger charge is -2.28. The van der Waals surface area contributed by atoms with Crippen LogP contribution in [0.5, 0.6) is 5.88 Å². The molecular weight excluding hydrogens is 544 g/mol. The first-order valence-corrected chi connectivity index (χ1v) is 15.9. The van der Waals surface area contributed by atoms with Crippen LogP contribution >= 0.6 is 11.6 Å². The highest BCUT2D eigenvalue weighted by molar-refractivity contribution is 7.90. The van der Waals surface area contributed by atoms with E-state index in [2.05, 4.69) is 35.2 Å². The molecule has 9 heteroatoms. The molecule has 0 aliphatic heterocycles. The van der Waals surface area contributed by atoms with Crippen molar-refractivity contribution in [1.82, 2.24) is 15.0 Å². The Kier molecular flexibility index (Phi) is 8.57. The van der Waals surface area contributed by atoms with E-state index in [1.54, 1.807) is 24.3 Å². The predicted molar refractivity (Wildman–Crippen MR) is 161 cm³/mol. The van der Waals surface area contributed by atoms with Gasteiger partial charge in [-0.1, -0.05) is 44.0 Å². The number of fused-ring (bicyclic) bond motifs is 1. The molecule has 1 aliphatic carbocycles. The summed E-state index contributed by atoms with van der Waals surface area (Å²) >= 11 is 6.15. The molecule has 1 saturated carbocycles. The fourth-order valence-electron chi connectivity index (χ4n) is 5.52. The molecule has 0 spiro atoms. The second-order valence-electron chi connectivity index (χ2n) is 10.4. The minimum Gasteiger partial charge on any atom is -0.481 e. The van der Waals surface area contributed by atoms with Gasteiger partial charge in [0.15, 0.2) is 9.84 Å². The number of nitrogens with zero attached hydrogens (tertiary/aromatic N) is 3. The van der Waals surface area contributed by atoms with Crippen LogP contribution in [0.3, 0.4) is 0 Å². The normalized spacial score (nSPS) is 17.6. The quantitative estimate of drug-likeness (QED) is 0.223. The average Bonchev–Trinajstić information content (AvgIpc) is 2.97. The Morgan fingerprint density at radius 2 is 1.80 bits per heavy atom. The second kappa shape index (κ2) is 12.1. The van der Waals surface area contributed by atoms with E-state index in [1.165, 1.54) is 32.4 Å². The summed E-state index contributed by atoms with van der Waals surface area (Å²) in [5.41, 5.74) is 4.09. The van der Waals surface area contributed by atoms with E-state index in [0.717, 1.165) is 52.8 Å². The first-order valence-electron chi connectivity index (χ1n) is 13.9. The maximum Gasteiger partial charge on any atom is 0.223 e. The first-order chi connectivity index (χ1) is 19.3. The molecule has 0 radical (unpaired) electrons. The molecule has 0 amide bonds. The van der Waals surface area contributed by atoms with Crippen molar-refractivity contribution in [3.8, 4) is 17.0 Å². The van der Waals surface area contributed by atoms with Gasteiger partial charge in [-0.15, -0.1) is 0 Å². The predicted octanol–water partition coefficient (Wildman–Crippen LogP) is 7.27. The van der Waals surface area contributed by atoms with Crippen molar-refractivity contribution < 1.29 is 13.2 Å². The van der Waals surface area contributed by atoms with Gasteiger partial charge >= 0.3 is 0 Å². The zero-order valence-corrected chi connectivity index (χ0v) is 24.7. The van der Waals surface area contributed by atoms with E-state index < -0.39 is 9.84 Å². The summed E-state index contributed by atoms with van der Waals surface area (Å²) in [6.45, 7) is 4.39. The monoisotopic (exact) mass is 578 g/mol. The number of methoxy groups -OCH3 is 1. The second-order valence-corrected chi connectivity index (χ2v) is 12.8. The molecule has 210 valence electrons. The molecular formula is C31H35ClN4O3S. The number of benzene rings is 2. The number of anilines is 1. The van der Waals surface area contributed by atoms with Crippen LogP contribution < -0.4 is 10.1 Å². The Morgan fingerprint density at radius 1 is 1.02 bits per heavy atom. The Hall–Kier alpha value is -3.23. The number of aryl methyl sites for hydroxylation is 1. The Labute approximate surface area is 241 Å². The van der Waals surface area contributed by atoms with Crippen molar-refractivity contribution in [3.63, 3.8) is 0 Å². The smallest absolute Gasteiger partial charge is 0.223 e. The van der Waals surface area contributed by atoms with Gasteiger partial charge in [0.25, 0.3) is 0 Å². The lowest BCUT2D eigenvalue weighted by molar-refractivity contribution is 0.329. The molecule has 0 unspecified atom stereocenters. The van der Waals surface area contributed by atoms with Crippen LogP contribution in [0.2, 0.25) is 5.02 Å². The first kappa shape index (κ1) is 28.3. The topological polar surface area (TPSA) is 94.1 Å². The maximum absolute atomic E-state index is 13.0. The van der Waals surface area contributed by atoms with Gasteiger partial charge in [-0.2, -0.15) is 0 Å². The van der Waals surface area contributed by atoms with Gasteiger partial charge < -0.3 is 10.1 Å². The van der Waals surface area contributed by atoms with E-state index in [0.29, 0.717) is 23.6 Å². The minimum atomic E-state index is -3.68. The number of ether oxygens (including phenoxy) is 1. The summed E-state index contributed by atoms with van der Waals surface area (Å²) < 4.78 is 31.6. The number of rotatable bonds is 9. The summed E-state index contributed by atoms with van der Waals surface area (Å²) in [7, 11) is -2.14. The van der Waals surface area contributed by atoms with Gasteiger partial charge in [-0.25, -0.2) is 23.4 Å². The molecule has 5 rings (SSSR count). The lowest BCUT2D eigenvalue weighted by atomic mass is 9.85. The molecule has 2 aromatic heterocycles. The Morgan fingerprint density at radius 3 is 2.50 bits per heavy atom. The fraction of sp³-hybridized carbons (Fsp3) is 0.387. The third-order valence-corrected chi connectivity index (χ3v) is 9.98. The van der Waals surface area contributed by atoms with Crippen LogP contribution in [0.1, 0.15) is 57.2 Å². The highest BCUT2D eigenvalue weighted by Crippen LogP contribution is 2.34. The Bertz CT molecular complexity index is 1620. The van der Waals surface area contributed by atoms with E-state index in [-0.39, 0.29) is 15.7 Å². The molecule has 2 heterocycles. The number of hydrogen-bond donors (Lipinski definition) is 1. The van der Waals surface area contributed by atoms with Crippen molar-refractivity contribution in [2.24, 2.45) is 5.92 Å². The summed E-state index contributed by atoms with van der Waals surface area (Å²) in [4.78, 5) is 14.2. The summed E-state index contributed by atoms with van der Waals surface area (Å²) in [6.07, 6.45) is 8.75. The molecule has 4 aromatic rings. The molecule has 2 aromatic carbocycles. The number of aromatic nitrogens is 3. The largest absolute Gasteiger partial charge is 0.481 e. The SMILES string of the molecule is CCc1cc(-c2ccc(CS(=O)(=O)c3ccccc3Cl)nc2OC)cc2cnc(NC3CCC(CC)CC3)nc12. The van der Waals surface area contributed by atoms with Crippen LogP contribution in [-0.2, 0) is 22.0 Å². The average molecular weight is 579 g/mol. The van der Waals surface area contributed by atoms with Crippen LogP contribution in [0.4, 0.5) is 5.95 Å². The zero-order valence-electron chi connectivity index (χ0n) is 23.2. The van der Waals surface area contributed by atoms with E-state index in [4.69, 9.17) is 21.3 Å². The molecule has 7 nitrogen and oxygen atoms in total. The van der Waals surface area contributed by atoms with Gasteiger partial charge in [0.1, 0.15) is 0 Å². The van der Waals surface area contributed by atoms with Crippen molar-refractivity contribution in [3.05, 3.63) is 71.0 Å². The molecule has 40 heavy (non-hydrogen) atoms. The number of pyridine rings is 1. The maximum atomic E-state index is 13.0. The van der Waals surface area contributed by atoms with Crippen molar-refractivity contribution >= 4 is 38.3 Å². The highest BCUT2D eigenvalue weighted by atomic mass is 35.5. The van der Waals surface area contributed by atoms with Crippen molar-refractivity contribution in [2.75, 3.05) is 12.4 Å². The van der Waals surface area contributed by atoms with E-state index >= 15 is 0 Å². The third kappa shape index (κ3) is 6.08. The van der Waals surface area contributed by atoms with Crippen molar-refractivity contribution in [1.29, 1.82) is 0 Å². The number of nitrogens with one attached hydrogen (secondary N) is 1. The highest BCUT2D eigenvalue weighted by Gasteiger charge is 2.22. The molecule has 1 aliphatic rings. The van der Waals surface area contributed by atoms with Crippen LogP contribution in [0, 0.1) is 5.92 Å². The molecule has 0 atom stereocenters.